The Labute approximate surface area is 186 Å². The third-order valence-corrected chi connectivity index (χ3v) is 6.22. The first-order valence-electron chi connectivity index (χ1n) is 9.62. The number of benzene rings is 1. The Morgan fingerprint density at radius 2 is 2.10 bits per heavy atom. The van der Waals surface area contributed by atoms with E-state index < -0.39 is 5.82 Å². The quantitative estimate of drug-likeness (QED) is 0.383. The van der Waals surface area contributed by atoms with E-state index in [0.29, 0.717) is 46.3 Å². The fourth-order valence-electron chi connectivity index (χ4n) is 2.77. The summed E-state index contributed by atoms with van der Waals surface area (Å²) in [4.78, 5) is 16.6. The number of thioether (sulfide) groups is 1. The van der Waals surface area contributed by atoms with E-state index >= 15 is 0 Å². The number of thiazole rings is 1. The van der Waals surface area contributed by atoms with Gasteiger partial charge in [-0.1, -0.05) is 37.7 Å². The van der Waals surface area contributed by atoms with Crippen molar-refractivity contribution in [2.24, 2.45) is 5.92 Å². The molecule has 160 valence electrons. The SMILES string of the molecule is CC(C)CNC(=O)c1csc(CSc2nnc(-c3ccco3)n2-c2ccccc2F)n1. The van der Waals surface area contributed by atoms with Gasteiger partial charge in [0, 0.05) is 11.9 Å². The van der Waals surface area contributed by atoms with Gasteiger partial charge in [0.2, 0.25) is 5.82 Å². The van der Waals surface area contributed by atoms with Gasteiger partial charge in [0.25, 0.3) is 5.91 Å². The first kappa shape index (κ1) is 21.3. The number of rotatable bonds is 8. The van der Waals surface area contributed by atoms with E-state index in [2.05, 4.69) is 20.5 Å². The molecule has 0 fully saturated rings. The highest BCUT2D eigenvalue weighted by atomic mass is 32.2. The van der Waals surface area contributed by atoms with Gasteiger partial charge < -0.3 is 9.73 Å². The standard InChI is InChI=1S/C21H20FN5O2S2/c1-13(2)10-23-20(28)15-11-30-18(24-15)12-31-21-26-25-19(17-8-5-9-29-17)27(21)16-7-4-3-6-14(16)22/h3-9,11,13H,10,12H2,1-2H3,(H,23,28). The molecule has 7 nitrogen and oxygen atoms in total. The van der Waals surface area contributed by atoms with Gasteiger partial charge in [-0.15, -0.1) is 21.5 Å². The molecule has 0 aliphatic heterocycles. The molecular weight excluding hydrogens is 437 g/mol. The van der Waals surface area contributed by atoms with Crippen molar-refractivity contribution in [1.82, 2.24) is 25.1 Å². The summed E-state index contributed by atoms with van der Waals surface area (Å²) in [5.41, 5.74) is 0.724. The molecular formula is C21H20FN5O2S2. The zero-order chi connectivity index (χ0) is 21.8. The van der Waals surface area contributed by atoms with Crippen molar-refractivity contribution >= 4 is 29.0 Å². The third kappa shape index (κ3) is 4.86. The predicted molar refractivity (Wildman–Crippen MR) is 118 cm³/mol. The maximum atomic E-state index is 14.6. The Morgan fingerprint density at radius 3 is 2.84 bits per heavy atom. The van der Waals surface area contributed by atoms with Gasteiger partial charge in [0.15, 0.2) is 10.9 Å². The normalized spacial score (nSPS) is 11.2. The minimum atomic E-state index is -0.393. The van der Waals surface area contributed by atoms with E-state index in [-0.39, 0.29) is 5.91 Å². The number of amides is 1. The Hall–Kier alpha value is -2.98. The molecule has 0 spiro atoms. The first-order chi connectivity index (χ1) is 15.0. The average Bonchev–Trinajstić information content (AvgIpc) is 3.51. The fourth-order valence-corrected chi connectivity index (χ4v) is 4.51. The molecule has 0 saturated carbocycles. The molecule has 4 rings (SSSR count). The van der Waals surface area contributed by atoms with E-state index in [1.807, 2.05) is 13.8 Å². The summed E-state index contributed by atoms with van der Waals surface area (Å²) in [7, 11) is 0. The van der Waals surface area contributed by atoms with Crippen molar-refractivity contribution in [2.75, 3.05) is 6.54 Å². The van der Waals surface area contributed by atoms with Crippen molar-refractivity contribution in [1.29, 1.82) is 0 Å². The average molecular weight is 458 g/mol. The van der Waals surface area contributed by atoms with Gasteiger partial charge in [-0.05, 0) is 30.2 Å². The van der Waals surface area contributed by atoms with E-state index in [0.717, 1.165) is 5.01 Å². The summed E-state index contributed by atoms with van der Waals surface area (Å²) in [6, 6.07) is 9.92. The molecule has 0 saturated heterocycles. The summed E-state index contributed by atoms with van der Waals surface area (Å²) >= 11 is 2.76. The Bertz CT molecular complexity index is 1170. The van der Waals surface area contributed by atoms with Crippen LogP contribution in [0.25, 0.3) is 17.3 Å². The second kappa shape index (κ2) is 9.44. The lowest BCUT2D eigenvalue weighted by Gasteiger charge is -2.09. The molecule has 10 heteroatoms. The zero-order valence-corrected chi connectivity index (χ0v) is 18.5. The number of nitrogens with one attached hydrogen (secondary N) is 1. The molecule has 3 heterocycles. The molecule has 1 amide bonds. The van der Waals surface area contributed by atoms with Gasteiger partial charge in [-0.25, -0.2) is 9.37 Å². The highest BCUT2D eigenvalue weighted by Gasteiger charge is 2.21. The molecule has 0 unspecified atom stereocenters. The molecule has 0 radical (unpaired) electrons. The van der Waals surface area contributed by atoms with Gasteiger partial charge in [-0.3, -0.25) is 9.36 Å². The number of furan rings is 1. The molecule has 0 atom stereocenters. The summed E-state index contributed by atoms with van der Waals surface area (Å²) in [5, 5.41) is 14.3. The number of hydrogen-bond acceptors (Lipinski definition) is 7. The van der Waals surface area contributed by atoms with Crippen molar-refractivity contribution in [3.8, 4) is 17.3 Å². The predicted octanol–water partition coefficient (Wildman–Crippen LogP) is 4.80. The molecule has 1 N–H and O–H groups in total. The second-order valence-electron chi connectivity index (χ2n) is 7.09. The number of para-hydroxylation sites is 1. The highest BCUT2D eigenvalue weighted by Crippen LogP contribution is 2.31. The Morgan fingerprint density at radius 1 is 1.26 bits per heavy atom. The molecule has 3 aromatic heterocycles. The lowest BCUT2D eigenvalue weighted by molar-refractivity contribution is 0.0944. The maximum absolute atomic E-state index is 14.6. The van der Waals surface area contributed by atoms with Gasteiger partial charge in [0.05, 0.1) is 17.7 Å². The van der Waals surface area contributed by atoms with E-state index in [4.69, 9.17) is 4.42 Å². The van der Waals surface area contributed by atoms with E-state index in [9.17, 15) is 9.18 Å². The van der Waals surface area contributed by atoms with Crippen molar-refractivity contribution in [3.63, 3.8) is 0 Å². The number of aromatic nitrogens is 4. The Kier molecular flexibility index (Phi) is 6.47. The van der Waals surface area contributed by atoms with Crippen molar-refractivity contribution in [2.45, 2.75) is 24.8 Å². The smallest absolute Gasteiger partial charge is 0.270 e. The molecule has 0 aliphatic carbocycles. The van der Waals surface area contributed by atoms with Gasteiger partial charge in [0.1, 0.15) is 16.5 Å². The summed E-state index contributed by atoms with van der Waals surface area (Å²) in [5.74, 6) is 1.15. The van der Waals surface area contributed by atoms with Crippen molar-refractivity contribution in [3.05, 3.63) is 64.6 Å². The minimum absolute atomic E-state index is 0.184. The second-order valence-corrected chi connectivity index (χ2v) is 8.97. The maximum Gasteiger partial charge on any atom is 0.270 e. The summed E-state index contributed by atoms with van der Waals surface area (Å²) in [6.45, 7) is 4.67. The highest BCUT2D eigenvalue weighted by molar-refractivity contribution is 7.98. The number of nitrogens with zero attached hydrogens (tertiary/aromatic N) is 4. The topological polar surface area (TPSA) is 85.8 Å². The molecule has 31 heavy (non-hydrogen) atoms. The first-order valence-corrected chi connectivity index (χ1v) is 11.5. The van der Waals surface area contributed by atoms with Crippen LogP contribution in [0.3, 0.4) is 0 Å². The van der Waals surface area contributed by atoms with Crippen LogP contribution in [0, 0.1) is 11.7 Å². The number of carbonyl (C=O) groups is 1. The number of halogens is 1. The number of hydrogen-bond donors (Lipinski definition) is 1. The number of carbonyl (C=O) groups excluding carboxylic acids is 1. The minimum Gasteiger partial charge on any atom is -0.461 e. The van der Waals surface area contributed by atoms with Crippen LogP contribution in [0.5, 0.6) is 0 Å². The van der Waals surface area contributed by atoms with Crippen LogP contribution in [0.4, 0.5) is 4.39 Å². The van der Waals surface area contributed by atoms with Gasteiger partial charge in [-0.2, -0.15) is 0 Å². The lowest BCUT2D eigenvalue weighted by Crippen LogP contribution is -2.27. The molecule has 1 aromatic carbocycles. The van der Waals surface area contributed by atoms with Crippen LogP contribution in [-0.2, 0) is 5.75 Å². The third-order valence-electron chi connectivity index (χ3n) is 4.25. The zero-order valence-electron chi connectivity index (χ0n) is 16.9. The largest absolute Gasteiger partial charge is 0.461 e. The van der Waals surface area contributed by atoms with Crippen LogP contribution < -0.4 is 5.32 Å². The summed E-state index contributed by atoms with van der Waals surface area (Å²) in [6.07, 6.45) is 1.53. The van der Waals surface area contributed by atoms with E-state index in [1.165, 1.54) is 35.4 Å². The van der Waals surface area contributed by atoms with Crippen LogP contribution in [0.15, 0.2) is 57.6 Å². The Balaban J connectivity index is 1.56. The summed E-state index contributed by atoms with van der Waals surface area (Å²) < 4.78 is 21.7. The van der Waals surface area contributed by atoms with Gasteiger partial charge >= 0.3 is 0 Å². The molecule has 4 aromatic rings. The molecule has 0 aliphatic rings. The van der Waals surface area contributed by atoms with Crippen LogP contribution in [0.1, 0.15) is 29.3 Å². The van der Waals surface area contributed by atoms with E-state index in [1.54, 1.807) is 40.3 Å². The fraction of sp³-hybridized carbons (Fsp3) is 0.238. The monoisotopic (exact) mass is 457 g/mol. The van der Waals surface area contributed by atoms with Crippen LogP contribution in [-0.4, -0.2) is 32.2 Å². The lowest BCUT2D eigenvalue weighted by atomic mass is 10.2. The van der Waals surface area contributed by atoms with Crippen LogP contribution in [0.2, 0.25) is 0 Å². The van der Waals surface area contributed by atoms with Crippen LogP contribution >= 0.6 is 23.1 Å². The molecule has 0 bridgehead atoms. The van der Waals surface area contributed by atoms with Crippen molar-refractivity contribution < 1.29 is 13.6 Å².